The van der Waals surface area contributed by atoms with Crippen molar-refractivity contribution >= 4 is 123 Å². The fraction of sp³-hybridized carbons (Fsp3) is 0.869. The van der Waals surface area contributed by atoms with E-state index in [4.69, 9.17) is 72.3 Å². The molecule has 0 saturated carbocycles. The molecule has 36 nitrogen and oxygen atoms in total. The van der Waals surface area contributed by atoms with Gasteiger partial charge in [-0.2, -0.15) is 14.4 Å². The standard InChI is InChI=1S/C18H39N3O4Si2.C13H30N2O3Si.C11H25NO3Si.C11H25NO2Si.C9H17NO4.C7H14N2O2Si.C5H11NO3.C4H6N2O2.C4H12Si.C2H6/c1-12-23-17(22)15(21-19)16(25-26(7,8)9)14(20-6)13(2)24-27(10,11)18(3,4)5;1-10(18-19(8,9)13(2,3)4)11(14-5)12(16)15(6)17-7;1-8(9(12-5)10(13)14)15-16(6,7)11(2,3)4;1-9(10(8-13)12-5)14-15(6,7)11(2,3)4;1-4-13-9(12)8-7(11)6(10-3)5(2)14-8;1-5-11-7(10)6(9-8)12(2,3)4;1-3(7)4(6-2)5(8)9;1-2-8-4(7)3-6-5;1-5(2,3)4;1-2/h13-14,16,20H,12H2,1-11H3;10-11,14H,1-9H3;8-9,12H,1-7H3,(H,13,14);8-10,12H,1-7H3;5-8,10-11H,4H2,1-3H3;5H2,1-4H3;3-4,6-7H,1-2H3,(H,8,9);3H,2H2,1H3;1-4H3;1-2H3/t13?,14-,16?;10?,11-;8?,9-;9?,10-;5?,6-,7-,8+;;3?,4-;;;/m00010.0.../s1. The Bertz CT molecular complexity index is 3260. The Hall–Kier alpha value is -4.98. The van der Waals surface area contributed by atoms with Gasteiger partial charge in [0, 0.05) is 15.1 Å². The van der Waals surface area contributed by atoms with Gasteiger partial charge in [-0.1, -0.05) is 143 Å². The number of rotatable bonds is 37. The molecule has 7 unspecified atom stereocenters. The Labute approximate surface area is 774 Å². The van der Waals surface area contributed by atoms with E-state index in [1.807, 2.05) is 87.7 Å². The summed E-state index contributed by atoms with van der Waals surface area (Å²) < 4.78 is 55.3. The third-order valence-corrected chi connectivity index (χ3v) is 41.5. The lowest BCUT2D eigenvalue weighted by Gasteiger charge is -2.41. The molecule has 0 radical (unpaired) electrons. The van der Waals surface area contributed by atoms with Crippen molar-refractivity contribution < 1.29 is 124 Å². The van der Waals surface area contributed by atoms with Crippen molar-refractivity contribution in [1.29, 1.82) is 0 Å². The largest absolute Gasteiger partial charge is 0.480 e. The number of amides is 1. The van der Waals surface area contributed by atoms with E-state index in [0.29, 0.717) is 26.0 Å². The molecule has 1 saturated heterocycles. The molecule has 1 aliphatic heterocycles. The smallest absolute Gasteiger partial charge is 0.419 e. The highest BCUT2D eigenvalue weighted by atomic mass is 28.4. The van der Waals surface area contributed by atoms with Gasteiger partial charge in [-0.3, -0.25) is 19.2 Å². The molecule has 0 aromatic rings. The molecule has 1 heterocycles. The number of aliphatic carboxylic acids is 2. The summed E-state index contributed by atoms with van der Waals surface area (Å²) in [5.74, 6) is -4.33. The van der Waals surface area contributed by atoms with E-state index in [-0.39, 0.29) is 92.4 Å². The van der Waals surface area contributed by atoms with Gasteiger partial charge >= 0.3 is 53.1 Å². The molecule has 15 atom stereocenters. The Kier molecular flexibility index (Phi) is 73.2. The molecule has 0 aromatic carbocycles. The summed E-state index contributed by atoms with van der Waals surface area (Å²) in [6.45, 7) is 87.4. The number of aliphatic hydroxyl groups is 2. The van der Waals surface area contributed by atoms with Gasteiger partial charge in [-0.05, 0) is 204 Å². The lowest BCUT2D eigenvalue weighted by Crippen LogP contribution is -2.58. The van der Waals surface area contributed by atoms with Crippen molar-refractivity contribution in [2.24, 2.45) is 0 Å². The fourth-order valence-corrected chi connectivity index (χ4v) is 17.3. The van der Waals surface area contributed by atoms with E-state index in [2.05, 4.69) is 213 Å². The number of carbonyl (C=O) groups is 8. The lowest BCUT2D eigenvalue weighted by molar-refractivity contribution is -0.173. The van der Waals surface area contributed by atoms with Gasteiger partial charge in [0.15, 0.2) is 61.9 Å². The summed E-state index contributed by atoms with van der Waals surface area (Å²) in [6.07, 6.45) is -2.74. The average Bonchev–Trinajstić information content (AvgIpc) is 1.79. The number of nitrogens with one attached hydrogen (secondary N) is 6. The maximum Gasteiger partial charge on any atom is 0.419 e. The second-order valence-corrected chi connectivity index (χ2v) is 73.9. The summed E-state index contributed by atoms with van der Waals surface area (Å²) in [7, 11) is 1.14. The number of nitrogens with zero attached hydrogens (tertiary/aromatic N) is 7. The van der Waals surface area contributed by atoms with Crippen LogP contribution in [0.15, 0.2) is 0 Å². The van der Waals surface area contributed by atoms with Crippen LogP contribution in [0.4, 0.5) is 0 Å². The number of carboxylic acid groups (broad SMARTS) is 2. The minimum Gasteiger partial charge on any atom is -0.480 e. The number of ether oxygens (including phenoxy) is 5. The van der Waals surface area contributed by atoms with Crippen molar-refractivity contribution in [3.63, 3.8) is 0 Å². The summed E-state index contributed by atoms with van der Waals surface area (Å²) in [5, 5.41) is 55.0. The van der Waals surface area contributed by atoms with E-state index in [1.165, 1.54) is 26.1 Å². The number of esters is 4. The molecular formula is C84H185N13O23Si7. The van der Waals surface area contributed by atoms with Crippen LogP contribution in [0.25, 0.3) is 16.6 Å². The van der Waals surface area contributed by atoms with Gasteiger partial charge in [0.2, 0.25) is 0 Å². The second-order valence-electron chi connectivity index (χ2n) is 39.4. The number of carboxylic acids is 2. The van der Waals surface area contributed by atoms with Crippen LogP contribution in [0.5, 0.6) is 0 Å². The summed E-state index contributed by atoms with van der Waals surface area (Å²) in [4.78, 5) is 103. The van der Waals surface area contributed by atoms with Gasteiger partial charge in [-0.25, -0.2) is 24.2 Å². The van der Waals surface area contributed by atoms with Crippen molar-refractivity contribution in [3.8, 4) is 0 Å². The number of hydrogen-bond acceptors (Lipinski definition) is 27. The van der Waals surface area contributed by atoms with E-state index in [0.717, 1.165) is 6.29 Å². The predicted molar refractivity (Wildman–Crippen MR) is 527 cm³/mol. The maximum atomic E-state index is 12.4. The molecule has 0 aromatic heterocycles. The second kappa shape index (κ2) is 66.4. The minimum absolute atomic E-state index is 0.0454. The van der Waals surface area contributed by atoms with Crippen LogP contribution in [0.1, 0.15) is 166 Å². The monoisotopic (exact) mass is 1940 g/mol. The molecule has 1 rings (SSSR count). The van der Waals surface area contributed by atoms with Crippen LogP contribution >= 0.6 is 0 Å². The summed E-state index contributed by atoms with van der Waals surface area (Å²) in [6, 6.07) is -2.71. The number of hydrogen-bond donors (Lipinski definition) is 10. The Morgan fingerprint density at radius 1 is 0.512 bits per heavy atom. The fourth-order valence-electron chi connectivity index (χ4n) is 9.58. The third-order valence-electron chi connectivity index (χ3n) is 20.5. The van der Waals surface area contributed by atoms with Gasteiger partial charge < -0.3 is 120 Å². The molecule has 1 fully saturated rings. The Balaban J connectivity index is -0.000000181. The Morgan fingerprint density at radius 3 is 1.10 bits per heavy atom. The van der Waals surface area contributed by atoms with Crippen LogP contribution in [0.3, 0.4) is 0 Å². The number of aldehydes is 1. The zero-order valence-electron chi connectivity index (χ0n) is 88.3. The molecule has 0 aliphatic carbocycles. The first kappa shape index (κ1) is 140. The normalized spacial score (nSPS) is 17.3. The van der Waals surface area contributed by atoms with Crippen molar-refractivity contribution in [1.82, 2.24) is 37.0 Å². The predicted octanol–water partition coefficient (Wildman–Crippen LogP) is 11.9. The number of carbonyl (C=O) groups excluding carboxylic acids is 6. The molecule has 0 bridgehead atoms. The van der Waals surface area contributed by atoms with E-state index < -0.39 is 136 Å². The van der Waals surface area contributed by atoms with E-state index in [9.17, 15) is 49.0 Å². The number of likely N-dealkylation sites (N-methyl/N-ethyl adjacent to an activating group) is 7. The van der Waals surface area contributed by atoms with Gasteiger partial charge in [0.25, 0.3) is 5.91 Å². The summed E-state index contributed by atoms with van der Waals surface area (Å²) >= 11 is 0. The molecular weight excluding hydrogens is 1760 g/mol. The maximum absolute atomic E-state index is 12.4. The van der Waals surface area contributed by atoms with Crippen LogP contribution in [-0.4, -0.2) is 337 Å². The third kappa shape index (κ3) is 60.0. The zero-order valence-corrected chi connectivity index (χ0v) is 95.3. The highest BCUT2D eigenvalue weighted by Crippen LogP contribution is 2.41. The van der Waals surface area contributed by atoms with Crippen LogP contribution in [0, 0.1) is 0 Å². The van der Waals surface area contributed by atoms with Crippen molar-refractivity contribution in [2.75, 3.05) is 82.9 Å². The van der Waals surface area contributed by atoms with Gasteiger partial charge in [0.1, 0.15) is 30.5 Å². The minimum atomic E-state index is -2.07. The summed E-state index contributed by atoms with van der Waals surface area (Å²) in [5.41, 5.74) is 25.7. The highest BCUT2D eigenvalue weighted by Gasteiger charge is 2.49. The van der Waals surface area contributed by atoms with Crippen LogP contribution in [0.2, 0.25) is 138 Å². The zero-order chi connectivity index (χ0) is 103. The van der Waals surface area contributed by atoms with E-state index >= 15 is 0 Å². The lowest BCUT2D eigenvalue weighted by atomic mass is 10.0. The molecule has 127 heavy (non-hydrogen) atoms. The van der Waals surface area contributed by atoms with E-state index in [1.54, 1.807) is 70.0 Å². The first-order chi connectivity index (χ1) is 57.2. The molecule has 752 valence electrons. The van der Waals surface area contributed by atoms with Crippen molar-refractivity contribution in [2.45, 2.75) is 395 Å². The molecule has 1 amide bonds. The highest BCUT2D eigenvalue weighted by molar-refractivity contribution is 7.11. The first-order valence-electron chi connectivity index (χ1n) is 43.7. The Morgan fingerprint density at radius 2 is 0.858 bits per heavy atom. The van der Waals surface area contributed by atoms with Crippen molar-refractivity contribution in [3.05, 3.63) is 16.6 Å². The average molecular weight is 1940 g/mol. The topological polar surface area (TPSA) is 504 Å². The number of aliphatic hydroxyl groups excluding tert-OH is 2. The van der Waals surface area contributed by atoms with Gasteiger partial charge in [-0.15, -0.1) is 0 Å². The number of hydroxylamine groups is 2. The SMILES string of the molecule is CC.CCOC(=O)C(=[N+]=[N-])C(O[Si](C)(C)C)[C@@H](NC)C(C)O[Si](C)(C)C(C)(C)C.CCOC(=O)C(=[N+]=[N-])[Si](C)(C)C.CCOC(=O)C=[N+]=[N-].CCOC(=O)[C@@H]1OC(C)[C@H](NC)[C@@H]1O.CN[C@H](C(=O)N(C)OC)C(C)O[Si](C)(C)C(C)(C)C.CN[C@H](C(=O)O)C(C)O.CN[C@H](C(=O)O)C(C)O[Si](C)(C)C(C)(C)C.CN[C@H](C=O)C(C)O[Si](C)(C)C(C)(C)C.C[Si](C)(C)C. The molecule has 10 N–H and O–H groups in total. The quantitative estimate of drug-likeness (QED) is 0.00404. The van der Waals surface area contributed by atoms with Crippen LogP contribution < -0.4 is 31.9 Å². The first-order valence-corrected chi connectivity index (χ1v) is 66.2. The molecule has 0 spiro atoms. The van der Waals surface area contributed by atoms with Gasteiger partial charge in [0.05, 0.1) is 88.3 Å². The van der Waals surface area contributed by atoms with Crippen LogP contribution in [-0.2, 0) is 89.0 Å². The molecule has 43 heteroatoms. The molecule has 1 aliphatic rings.